The van der Waals surface area contributed by atoms with Crippen molar-refractivity contribution in [1.82, 2.24) is 9.13 Å². The van der Waals surface area contributed by atoms with E-state index >= 15 is 0 Å². The zero-order valence-electron chi connectivity index (χ0n) is 9.61. The summed E-state index contributed by atoms with van der Waals surface area (Å²) in [7, 11) is 0. The molecule has 0 aliphatic heterocycles. The molecule has 1 heterocycles. The molecule has 1 aromatic rings. The molecule has 1 N–H and O–H groups in total. The molecule has 0 fully saturated rings. The Labute approximate surface area is 94.9 Å². The van der Waals surface area contributed by atoms with Crippen molar-refractivity contribution >= 4 is 12.6 Å². The van der Waals surface area contributed by atoms with Gasteiger partial charge in [-0.2, -0.15) is 12.6 Å². The number of imidazole rings is 1. The predicted octanol–water partition coefficient (Wildman–Crippen LogP) is 1.56. The van der Waals surface area contributed by atoms with E-state index in [1.807, 2.05) is 27.7 Å². The maximum Gasteiger partial charge on any atom is 0.331 e. The van der Waals surface area contributed by atoms with Gasteiger partial charge >= 0.3 is 5.69 Å². The summed E-state index contributed by atoms with van der Waals surface area (Å²) >= 11 is 4.15. The Morgan fingerprint density at radius 2 is 1.93 bits per heavy atom. The molecule has 0 bridgehead atoms. The standard InChI is InChI=1S/C10H18N2O2S/c1-5-11-8(13)7(6-15)12(9(11)14)10(2,3)4/h13,15H,5-6H2,1-4H3. The quantitative estimate of drug-likeness (QED) is 0.757. The second kappa shape index (κ2) is 3.96. The average molecular weight is 230 g/mol. The maximum absolute atomic E-state index is 12.0. The van der Waals surface area contributed by atoms with Crippen LogP contribution in [0.1, 0.15) is 33.4 Å². The third-order valence-electron chi connectivity index (χ3n) is 2.34. The fraction of sp³-hybridized carbons (Fsp3) is 0.700. The van der Waals surface area contributed by atoms with E-state index in [-0.39, 0.29) is 17.1 Å². The van der Waals surface area contributed by atoms with E-state index in [9.17, 15) is 9.90 Å². The van der Waals surface area contributed by atoms with Gasteiger partial charge in [-0.05, 0) is 27.7 Å². The Morgan fingerprint density at radius 3 is 2.20 bits per heavy atom. The highest BCUT2D eigenvalue weighted by molar-refractivity contribution is 7.79. The van der Waals surface area contributed by atoms with E-state index in [0.29, 0.717) is 18.0 Å². The van der Waals surface area contributed by atoms with Gasteiger partial charge < -0.3 is 5.11 Å². The van der Waals surface area contributed by atoms with E-state index < -0.39 is 0 Å². The minimum Gasteiger partial charge on any atom is -0.493 e. The molecule has 0 unspecified atom stereocenters. The topological polar surface area (TPSA) is 47.2 Å². The molecule has 0 saturated heterocycles. The molecule has 0 aromatic carbocycles. The molecule has 1 aromatic heterocycles. The number of nitrogens with zero attached hydrogens (tertiary/aromatic N) is 2. The molecule has 5 heteroatoms. The number of thiol groups is 1. The lowest BCUT2D eigenvalue weighted by Crippen LogP contribution is -2.35. The molecule has 0 aliphatic rings. The van der Waals surface area contributed by atoms with Gasteiger partial charge in [-0.15, -0.1) is 0 Å². The van der Waals surface area contributed by atoms with Gasteiger partial charge in [0.2, 0.25) is 5.88 Å². The normalized spacial score (nSPS) is 12.1. The van der Waals surface area contributed by atoms with Crippen molar-refractivity contribution in [2.45, 2.75) is 45.5 Å². The molecule has 0 spiro atoms. The van der Waals surface area contributed by atoms with E-state index in [4.69, 9.17) is 0 Å². The van der Waals surface area contributed by atoms with Crippen molar-refractivity contribution in [3.05, 3.63) is 16.2 Å². The lowest BCUT2D eigenvalue weighted by atomic mass is 10.1. The van der Waals surface area contributed by atoms with Crippen LogP contribution in [-0.4, -0.2) is 14.2 Å². The van der Waals surface area contributed by atoms with Crippen molar-refractivity contribution in [2.75, 3.05) is 0 Å². The second-order valence-corrected chi connectivity index (χ2v) is 4.78. The predicted molar refractivity (Wildman–Crippen MR) is 63.7 cm³/mol. The zero-order valence-corrected chi connectivity index (χ0v) is 10.5. The first-order valence-corrected chi connectivity index (χ1v) is 5.62. The molecule has 86 valence electrons. The first-order valence-electron chi connectivity index (χ1n) is 4.99. The number of rotatable bonds is 2. The Balaban J connectivity index is 3.58. The van der Waals surface area contributed by atoms with Crippen molar-refractivity contribution in [3.8, 4) is 5.88 Å². The molecular formula is C10H18N2O2S. The Bertz CT molecular complexity index is 412. The summed E-state index contributed by atoms with van der Waals surface area (Å²) in [5.41, 5.74) is 0.0665. The number of hydrogen-bond donors (Lipinski definition) is 2. The zero-order chi connectivity index (χ0) is 11.8. The van der Waals surface area contributed by atoms with E-state index in [0.717, 1.165) is 0 Å². The van der Waals surface area contributed by atoms with Crippen LogP contribution in [0, 0.1) is 0 Å². The first kappa shape index (κ1) is 12.2. The second-order valence-electron chi connectivity index (χ2n) is 4.46. The molecule has 0 saturated carbocycles. The largest absolute Gasteiger partial charge is 0.493 e. The van der Waals surface area contributed by atoms with Gasteiger partial charge in [0.05, 0.1) is 5.69 Å². The van der Waals surface area contributed by atoms with Crippen LogP contribution < -0.4 is 5.69 Å². The summed E-state index contributed by atoms with van der Waals surface area (Å²) in [5.74, 6) is 0.387. The van der Waals surface area contributed by atoms with Crippen molar-refractivity contribution in [1.29, 1.82) is 0 Å². The van der Waals surface area contributed by atoms with E-state index in [1.54, 1.807) is 4.57 Å². The van der Waals surface area contributed by atoms with Crippen LogP contribution in [0.15, 0.2) is 4.79 Å². The molecular weight excluding hydrogens is 212 g/mol. The summed E-state index contributed by atoms with van der Waals surface area (Å²) in [4.78, 5) is 12.0. The molecule has 0 aliphatic carbocycles. The highest BCUT2D eigenvalue weighted by Gasteiger charge is 2.25. The Kier molecular flexibility index (Phi) is 3.23. The highest BCUT2D eigenvalue weighted by Crippen LogP contribution is 2.23. The fourth-order valence-electron chi connectivity index (χ4n) is 1.70. The first-order chi connectivity index (χ1) is 6.84. The van der Waals surface area contributed by atoms with Gasteiger partial charge in [0.15, 0.2) is 0 Å². The van der Waals surface area contributed by atoms with Crippen molar-refractivity contribution in [3.63, 3.8) is 0 Å². The smallest absolute Gasteiger partial charge is 0.331 e. The van der Waals surface area contributed by atoms with Crippen LogP contribution in [-0.2, 0) is 17.8 Å². The van der Waals surface area contributed by atoms with Gasteiger partial charge in [-0.3, -0.25) is 9.13 Å². The monoisotopic (exact) mass is 230 g/mol. The van der Waals surface area contributed by atoms with Gasteiger partial charge in [-0.25, -0.2) is 4.79 Å². The Hall–Kier alpha value is -0.840. The Morgan fingerprint density at radius 1 is 1.40 bits per heavy atom. The lowest BCUT2D eigenvalue weighted by Gasteiger charge is -2.21. The molecule has 0 radical (unpaired) electrons. The third-order valence-corrected chi connectivity index (χ3v) is 2.64. The molecule has 0 atom stereocenters. The summed E-state index contributed by atoms with van der Waals surface area (Å²) in [6.45, 7) is 8.09. The minimum atomic E-state index is -0.340. The molecule has 0 amide bonds. The van der Waals surface area contributed by atoms with Gasteiger partial charge in [0.1, 0.15) is 0 Å². The summed E-state index contributed by atoms with van der Waals surface area (Å²) in [6.07, 6.45) is 0. The van der Waals surface area contributed by atoms with Crippen LogP contribution in [0.4, 0.5) is 0 Å². The number of hydrogen-bond acceptors (Lipinski definition) is 3. The third kappa shape index (κ3) is 1.93. The fourth-order valence-corrected chi connectivity index (χ4v) is 1.98. The van der Waals surface area contributed by atoms with Crippen molar-refractivity contribution in [2.24, 2.45) is 0 Å². The van der Waals surface area contributed by atoms with Crippen LogP contribution in [0.2, 0.25) is 0 Å². The number of aromatic hydroxyl groups is 1. The van der Waals surface area contributed by atoms with Crippen LogP contribution in [0.5, 0.6) is 5.88 Å². The summed E-state index contributed by atoms with van der Waals surface area (Å²) in [6, 6.07) is 0. The molecule has 1 rings (SSSR count). The highest BCUT2D eigenvalue weighted by atomic mass is 32.1. The van der Waals surface area contributed by atoms with Gasteiger partial charge in [-0.1, -0.05) is 0 Å². The van der Waals surface area contributed by atoms with Crippen LogP contribution in [0.25, 0.3) is 0 Å². The lowest BCUT2D eigenvalue weighted by molar-refractivity contribution is 0.371. The van der Waals surface area contributed by atoms with Gasteiger partial charge in [0.25, 0.3) is 0 Å². The SMILES string of the molecule is CCn1c(O)c(CS)n(C(C)(C)C)c1=O. The van der Waals surface area contributed by atoms with Crippen LogP contribution >= 0.6 is 12.6 Å². The van der Waals surface area contributed by atoms with E-state index in [2.05, 4.69) is 12.6 Å². The molecule has 15 heavy (non-hydrogen) atoms. The van der Waals surface area contributed by atoms with Crippen molar-refractivity contribution < 1.29 is 5.11 Å². The summed E-state index contributed by atoms with van der Waals surface area (Å²) in [5, 5.41) is 9.85. The van der Waals surface area contributed by atoms with Crippen LogP contribution in [0.3, 0.4) is 0 Å². The maximum atomic E-state index is 12.0. The molecule has 4 nitrogen and oxygen atoms in total. The van der Waals surface area contributed by atoms with Gasteiger partial charge in [0, 0.05) is 17.8 Å². The van der Waals surface area contributed by atoms with E-state index in [1.165, 1.54) is 4.57 Å². The number of aromatic nitrogens is 2. The minimum absolute atomic E-state index is 0.0347. The summed E-state index contributed by atoms with van der Waals surface area (Å²) < 4.78 is 2.95. The average Bonchev–Trinajstić information content (AvgIpc) is 2.36.